The maximum atomic E-state index is 12.7. The van der Waals surface area contributed by atoms with Gasteiger partial charge in [-0.3, -0.25) is 0 Å². The van der Waals surface area contributed by atoms with Crippen molar-refractivity contribution in [3.8, 4) is 0 Å². The van der Waals surface area contributed by atoms with Gasteiger partial charge in [-0.25, -0.2) is 4.79 Å². The van der Waals surface area contributed by atoms with E-state index in [2.05, 4.69) is 59.3 Å². The molecule has 2 fully saturated rings. The van der Waals surface area contributed by atoms with Crippen molar-refractivity contribution in [1.82, 2.24) is 4.90 Å². The molecule has 0 saturated carbocycles. The van der Waals surface area contributed by atoms with Gasteiger partial charge in [-0.15, -0.1) is 0 Å². The van der Waals surface area contributed by atoms with Gasteiger partial charge in [0.2, 0.25) is 0 Å². The first-order valence-electron chi connectivity index (χ1n) is 10.8. The third-order valence-corrected chi connectivity index (χ3v) is 6.11. The second kappa shape index (κ2) is 8.76. The average Bonchev–Trinajstić information content (AvgIpc) is 2.77. The van der Waals surface area contributed by atoms with Crippen LogP contribution in [0.1, 0.15) is 30.4 Å². The zero-order valence-electron chi connectivity index (χ0n) is 17.7. The highest BCUT2D eigenvalue weighted by atomic mass is 16.2. The number of benzene rings is 2. The number of nitrogens with one attached hydrogen (secondary N) is 1. The Bertz CT molecular complexity index is 834. The summed E-state index contributed by atoms with van der Waals surface area (Å²) in [6.45, 7) is 9.77. The Kier molecular flexibility index (Phi) is 5.93. The molecule has 0 radical (unpaired) electrons. The normalized spacial score (nSPS) is 17.4. The number of piperazine rings is 1. The minimum absolute atomic E-state index is 0.00339. The molecule has 2 saturated heterocycles. The van der Waals surface area contributed by atoms with Crippen molar-refractivity contribution >= 4 is 23.1 Å². The lowest BCUT2D eigenvalue weighted by Gasteiger charge is -2.37. The molecule has 29 heavy (non-hydrogen) atoms. The first-order valence-corrected chi connectivity index (χ1v) is 10.8. The quantitative estimate of drug-likeness (QED) is 0.826. The number of anilines is 3. The fourth-order valence-corrected chi connectivity index (χ4v) is 4.32. The second-order valence-corrected chi connectivity index (χ2v) is 8.29. The maximum absolute atomic E-state index is 12.7. The molecule has 0 aromatic heterocycles. The van der Waals surface area contributed by atoms with Crippen LogP contribution in [0.15, 0.2) is 42.5 Å². The SMILES string of the molecule is Cc1ccc(C)c(N2CCN(C(=O)Nc3ccc(N4CCCCC4)cc3)CC2)c1. The maximum Gasteiger partial charge on any atom is 0.321 e. The predicted molar refractivity (Wildman–Crippen MR) is 121 cm³/mol. The van der Waals surface area contributed by atoms with Crippen LogP contribution in [0.25, 0.3) is 0 Å². The van der Waals surface area contributed by atoms with E-state index in [0.717, 1.165) is 45.0 Å². The summed E-state index contributed by atoms with van der Waals surface area (Å²) in [4.78, 5) is 19.4. The summed E-state index contributed by atoms with van der Waals surface area (Å²) in [5, 5.41) is 3.07. The fourth-order valence-electron chi connectivity index (χ4n) is 4.32. The van der Waals surface area contributed by atoms with Gasteiger partial charge in [0.15, 0.2) is 0 Å². The summed E-state index contributed by atoms with van der Waals surface area (Å²) in [5.41, 5.74) is 5.98. The number of rotatable bonds is 3. The highest BCUT2D eigenvalue weighted by Crippen LogP contribution is 2.24. The molecule has 0 spiro atoms. The summed E-state index contributed by atoms with van der Waals surface area (Å²) in [6.07, 6.45) is 3.88. The van der Waals surface area contributed by atoms with E-state index in [0.29, 0.717) is 0 Å². The predicted octanol–water partition coefficient (Wildman–Crippen LogP) is 4.65. The van der Waals surface area contributed by atoms with E-state index in [1.165, 1.54) is 41.8 Å². The molecule has 2 aromatic rings. The Morgan fingerprint density at radius 1 is 0.793 bits per heavy atom. The van der Waals surface area contributed by atoms with Gasteiger partial charge in [-0.05, 0) is 74.6 Å². The van der Waals surface area contributed by atoms with Crippen molar-refractivity contribution in [2.24, 2.45) is 0 Å². The van der Waals surface area contributed by atoms with E-state index in [1.807, 2.05) is 17.0 Å². The number of aryl methyl sites for hydroxylation is 2. The second-order valence-electron chi connectivity index (χ2n) is 8.29. The monoisotopic (exact) mass is 392 g/mol. The van der Waals surface area contributed by atoms with Gasteiger partial charge in [0.25, 0.3) is 0 Å². The van der Waals surface area contributed by atoms with Crippen LogP contribution in [-0.4, -0.2) is 50.2 Å². The Morgan fingerprint density at radius 2 is 1.48 bits per heavy atom. The minimum atomic E-state index is -0.00339. The molecule has 2 aliphatic heterocycles. The van der Waals surface area contributed by atoms with Crippen LogP contribution < -0.4 is 15.1 Å². The van der Waals surface area contributed by atoms with Crippen LogP contribution >= 0.6 is 0 Å². The van der Waals surface area contributed by atoms with Gasteiger partial charge in [-0.1, -0.05) is 12.1 Å². The molecule has 5 nitrogen and oxygen atoms in total. The standard InChI is InChI=1S/C24H32N4O/c1-19-6-7-20(2)23(18-19)27-14-16-28(17-15-27)24(29)25-21-8-10-22(11-9-21)26-12-4-3-5-13-26/h6-11,18H,3-5,12-17H2,1-2H3,(H,25,29). The van der Waals surface area contributed by atoms with E-state index < -0.39 is 0 Å². The van der Waals surface area contributed by atoms with Crippen LogP contribution in [0.5, 0.6) is 0 Å². The highest BCUT2D eigenvalue weighted by molar-refractivity contribution is 5.89. The van der Waals surface area contributed by atoms with Gasteiger partial charge >= 0.3 is 6.03 Å². The number of urea groups is 1. The third kappa shape index (κ3) is 4.66. The van der Waals surface area contributed by atoms with Crippen LogP contribution in [-0.2, 0) is 0 Å². The lowest BCUT2D eigenvalue weighted by Crippen LogP contribution is -2.50. The number of hydrogen-bond acceptors (Lipinski definition) is 3. The summed E-state index contributed by atoms with van der Waals surface area (Å²) < 4.78 is 0. The zero-order valence-corrected chi connectivity index (χ0v) is 17.7. The van der Waals surface area contributed by atoms with Crippen molar-refractivity contribution in [2.45, 2.75) is 33.1 Å². The topological polar surface area (TPSA) is 38.8 Å². The largest absolute Gasteiger partial charge is 0.372 e. The average molecular weight is 393 g/mol. The van der Waals surface area contributed by atoms with Crippen molar-refractivity contribution < 1.29 is 4.79 Å². The summed E-state index contributed by atoms with van der Waals surface area (Å²) >= 11 is 0. The van der Waals surface area contributed by atoms with Crippen LogP contribution in [0.4, 0.5) is 21.9 Å². The molecule has 2 aliphatic rings. The van der Waals surface area contributed by atoms with Crippen molar-refractivity contribution in [2.75, 3.05) is 54.4 Å². The highest BCUT2D eigenvalue weighted by Gasteiger charge is 2.22. The molecule has 1 N–H and O–H groups in total. The molecule has 0 aliphatic carbocycles. The smallest absolute Gasteiger partial charge is 0.321 e. The van der Waals surface area contributed by atoms with Crippen LogP contribution in [0, 0.1) is 13.8 Å². The first kappa shape index (κ1) is 19.6. The minimum Gasteiger partial charge on any atom is -0.372 e. The molecule has 0 atom stereocenters. The summed E-state index contributed by atoms with van der Waals surface area (Å²) in [7, 11) is 0. The van der Waals surface area contributed by atoms with Gasteiger partial charge in [0, 0.05) is 56.3 Å². The Morgan fingerprint density at radius 3 is 2.17 bits per heavy atom. The molecule has 4 rings (SSSR count). The van der Waals surface area contributed by atoms with Gasteiger partial charge in [0.1, 0.15) is 0 Å². The first-order chi connectivity index (χ1) is 14.1. The molecular weight excluding hydrogens is 360 g/mol. The molecule has 2 aromatic carbocycles. The van der Waals surface area contributed by atoms with Gasteiger partial charge < -0.3 is 20.0 Å². The lowest BCUT2D eigenvalue weighted by atomic mass is 10.1. The van der Waals surface area contributed by atoms with E-state index in [1.54, 1.807) is 0 Å². The van der Waals surface area contributed by atoms with Crippen molar-refractivity contribution in [3.63, 3.8) is 0 Å². The number of nitrogens with zero attached hydrogens (tertiary/aromatic N) is 3. The Balaban J connectivity index is 1.31. The van der Waals surface area contributed by atoms with E-state index >= 15 is 0 Å². The zero-order chi connectivity index (χ0) is 20.2. The molecule has 2 heterocycles. The summed E-state index contributed by atoms with van der Waals surface area (Å²) in [5.74, 6) is 0. The van der Waals surface area contributed by atoms with Crippen molar-refractivity contribution in [1.29, 1.82) is 0 Å². The van der Waals surface area contributed by atoms with Gasteiger partial charge in [0.05, 0.1) is 0 Å². The number of hydrogen-bond donors (Lipinski definition) is 1. The van der Waals surface area contributed by atoms with Crippen LogP contribution in [0.2, 0.25) is 0 Å². The van der Waals surface area contributed by atoms with Crippen molar-refractivity contribution in [3.05, 3.63) is 53.6 Å². The van der Waals surface area contributed by atoms with E-state index in [4.69, 9.17) is 0 Å². The fraction of sp³-hybridized carbons (Fsp3) is 0.458. The van der Waals surface area contributed by atoms with E-state index in [9.17, 15) is 4.79 Å². The number of amides is 2. The molecule has 154 valence electrons. The summed E-state index contributed by atoms with van der Waals surface area (Å²) in [6, 6.07) is 14.9. The van der Waals surface area contributed by atoms with Gasteiger partial charge in [-0.2, -0.15) is 0 Å². The molecular formula is C24H32N4O. The number of carbonyl (C=O) groups excluding carboxylic acids is 1. The van der Waals surface area contributed by atoms with E-state index in [-0.39, 0.29) is 6.03 Å². The van der Waals surface area contributed by atoms with Crippen LogP contribution in [0.3, 0.4) is 0 Å². The number of piperidine rings is 1. The number of carbonyl (C=O) groups is 1. The lowest BCUT2D eigenvalue weighted by molar-refractivity contribution is 0.208. The Hall–Kier alpha value is -2.69. The molecule has 5 heteroatoms. The molecule has 2 amide bonds. The molecule has 0 bridgehead atoms. The molecule has 0 unspecified atom stereocenters. The third-order valence-electron chi connectivity index (χ3n) is 6.11. The Labute approximate surface area is 174 Å².